The molecule has 0 aromatic heterocycles. The third-order valence-corrected chi connectivity index (χ3v) is 2.89. The quantitative estimate of drug-likeness (QED) is 0.787. The lowest BCUT2D eigenvalue weighted by atomic mass is 10.1. The standard InChI is InChI=1S/C15H16N2O4/c1-2-7-16-14(18)11-5-3-4-6-12(11)17-15(19)13-10-20-8-9-21-13/h1,3-6,13H,7-10H2,(H,16,18)(H,17,19). The fourth-order valence-electron chi connectivity index (χ4n) is 1.87. The van der Waals surface area contributed by atoms with Crippen LogP contribution < -0.4 is 10.6 Å². The molecule has 1 aromatic carbocycles. The van der Waals surface area contributed by atoms with Crippen LogP contribution in [0.1, 0.15) is 10.4 Å². The van der Waals surface area contributed by atoms with Crippen LogP contribution in [0.4, 0.5) is 5.69 Å². The summed E-state index contributed by atoms with van der Waals surface area (Å²) in [5.74, 6) is 1.64. The lowest BCUT2D eigenvalue weighted by Gasteiger charge is -2.22. The van der Waals surface area contributed by atoms with Gasteiger partial charge in [-0.1, -0.05) is 18.1 Å². The summed E-state index contributed by atoms with van der Waals surface area (Å²) in [6.07, 6.45) is 4.44. The molecular formula is C15H16N2O4. The first-order valence-corrected chi connectivity index (χ1v) is 6.53. The molecule has 2 N–H and O–H groups in total. The first kappa shape index (κ1) is 15.0. The highest BCUT2D eigenvalue weighted by atomic mass is 16.6. The normalized spacial score (nSPS) is 17.6. The van der Waals surface area contributed by atoms with E-state index >= 15 is 0 Å². The van der Waals surface area contributed by atoms with Crippen molar-refractivity contribution in [3.05, 3.63) is 29.8 Å². The molecule has 21 heavy (non-hydrogen) atoms. The van der Waals surface area contributed by atoms with Crippen molar-refractivity contribution in [1.82, 2.24) is 5.32 Å². The molecule has 1 aliphatic rings. The molecule has 6 nitrogen and oxygen atoms in total. The zero-order valence-electron chi connectivity index (χ0n) is 11.4. The van der Waals surface area contributed by atoms with Crippen molar-refractivity contribution in [3.63, 3.8) is 0 Å². The number of carbonyl (C=O) groups is 2. The number of rotatable bonds is 4. The van der Waals surface area contributed by atoms with Gasteiger partial charge in [-0.15, -0.1) is 6.42 Å². The molecule has 1 fully saturated rings. The lowest BCUT2D eigenvalue weighted by molar-refractivity contribution is -0.142. The van der Waals surface area contributed by atoms with Gasteiger partial charge in [0.15, 0.2) is 6.10 Å². The van der Waals surface area contributed by atoms with Gasteiger partial charge in [0.05, 0.1) is 37.6 Å². The Morgan fingerprint density at radius 2 is 2.14 bits per heavy atom. The van der Waals surface area contributed by atoms with Gasteiger partial charge in [-0.3, -0.25) is 9.59 Å². The van der Waals surface area contributed by atoms with Gasteiger partial charge >= 0.3 is 0 Å². The van der Waals surface area contributed by atoms with Crippen LogP contribution in [0.3, 0.4) is 0 Å². The van der Waals surface area contributed by atoms with Crippen LogP contribution in [0.5, 0.6) is 0 Å². The van der Waals surface area contributed by atoms with Crippen molar-refractivity contribution in [3.8, 4) is 12.3 Å². The summed E-state index contributed by atoms with van der Waals surface area (Å²) in [5, 5.41) is 5.24. The molecule has 1 heterocycles. The highest BCUT2D eigenvalue weighted by Crippen LogP contribution is 2.16. The summed E-state index contributed by atoms with van der Waals surface area (Å²) in [5.41, 5.74) is 0.754. The van der Waals surface area contributed by atoms with Gasteiger partial charge in [0.2, 0.25) is 0 Å². The third-order valence-electron chi connectivity index (χ3n) is 2.89. The van der Waals surface area contributed by atoms with Gasteiger partial charge in [0.25, 0.3) is 11.8 Å². The summed E-state index contributed by atoms with van der Waals surface area (Å²) in [4.78, 5) is 24.0. The minimum atomic E-state index is -0.666. The zero-order valence-corrected chi connectivity index (χ0v) is 11.4. The molecule has 2 amide bonds. The number of anilines is 1. The van der Waals surface area contributed by atoms with Crippen LogP contribution in [-0.2, 0) is 14.3 Å². The van der Waals surface area contributed by atoms with Crippen molar-refractivity contribution in [2.45, 2.75) is 6.10 Å². The van der Waals surface area contributed by atoms with Crippen LogP contribution >= 0.6 is 0 Å². The maximum atomic E-state index is 12.1. The number of amides is 2. The van der Waals surface area contributed by atoms with E-state index in [0.29, 0.717) is 24.5 Å². The van der Waals surface area contributed by atoms with Crippen LogP contribution in [0, 0.1) is 12.3 Å². The Bertz CT molecular complexity index is 559. The van der Waals surface area contributed by atoms with Crippen molar-refractivity contribution in [2.75, 3.05) is 31.7 Å². The number of terminal acetylenes is 1. The van der Waals surface area contributed by atoms with Crippen molar-refractivity contribution in [2.24, 2.45) is 0 Å². The second-order valence-corrected chi connectivity index (χ2v) is 4.36. The van der Waals surface area contributed by atoms with Crippen LogP contribution in [0.15, 0.2) is 24.3 Å². The molecule has 1 aromatic rings. The Morgan fingerprint density at radius 1 is 1.33 bits per heavy atom. The lowest BCUT2D eigenvalue weighted by Crippen LogP contribution is -2.39. The van der Waals surface area contributed by atoms with Crippen LogP contribution in [0.2, 0.25) is 0 Å². The van der Waals surface area contributed by atoms with E-state index in [0.717, 1.165) is 0 Å². The number of para-hydroxylation sites is 1. The van der Waals surface area contributed by atoms with Crippen molar-refractivity contribution >= 4 is 17.5 Å². The van der Waals surface area contributed by atoms with Gasteiger partial charge in [-0.2, -0.15) is 0 Å². The van der Waals surface area contributed by atoms with Crippen LogP contribution in [0.25, 0.3) is 0 Å². The van der Waals surface area contributed by atoms with E-state index < -0.39 is 6.10 Å². The Labute approximate surface area is 122 Å². The summed E-state index contributed by atoms with van der Waals surface area (Å²) >= 11 is 0. The molecule has 1 saturated heterocycles. The smallest absolute Gasteiger partial charge is 0.255 e. The largest absolute Gasteiger partial charge is 0.376 e. The number of ether oxygens (including phenoxy) is 2. The molecular weight excluding hydrogens is 272 g/mol. The molecule has 0 aliphatic carbocycles. The second kappa shape index (κ2) is 7.43. The van der Waals surface area contributed by atoms with Crippen molar-refractivity contribution in [1.29, 1.82) is 0 Å². The maximum Gasteiger partial charge on any atom is 0.255 e. The Kier molecular flexibility index (Phi) is 5.32. The number of carbonyl (C=O) groups excluding carboxylic acids is 2. The topological polar surface area (TPSA) is 76.7 Å². The third kappa shape index (κ3) is 4.05. The molecule has 2 rings (SSSR count). The van der Waals surface area contributed by atoms with Gasteiger partial charge in [-0.25, -0.2) is 0 Å². The molecule has 0 radical (unpaired) electrons. The molecule has 110 valence electrons. The van der Waals surface area contributed by atoms with E-state index in [1.165, 1.54) is 0 Å². The van der Waals surface area contributed by atoms with E-state index in [1.54, 1.807) is 24.3 Å². The van der Waals surface area contributed by atoms with E-state index in [4.69, 9.17) is 15.9 Å². The number of benzene rings is 1. The van der Waals surface area contributed by atoms with E-state index in [9.17, 15) is 9.59 Å². The van der Waals surface area contributed by atoms with Gasteiger partial charge in [-0.05, 0) is 12.1 Å². The van der Waals surface area contributed by atoms with Gasteiger partial charge in [0, 0.05) is 0 Å². The number of hydrogen-bond donors (Lipinski definition) is 2. The molecule has 0 bridgehead atoms. The Morgan fingerprint density at radius 3 is 2.86 bits per heavy atom. The molecule has 6 heteroatoms. The van der Waals surface area contributed by atoms with E-state index in [1.807, 2.05) is 0 Å². The zero-order chi connectivity index (χ0) is 15.1. The molecule has 1 unspecified atom stereocenters. The number of nitrogens with one attached hydrogen (secondary N) is 2. The first-order chi connectivity index (χ1) is 10.2. The average molecular weight is 288 g/mol. The predicted octanol–water partition coefficient (Wildman–Crippen LogP) is 0.403. The fourth-order valence-corrected chi connectivity index (χ4v) is 1.87. The molecule has 0 saturated carbocycles. The highest BCUT2D eigenvalue weighted by Gasteiger charge is 2.23. The minimum absolute atomic E-state index is 0.126. The van der Waals surface area contributed by atoms with E-state index in [2.05, 4.69) is 16.6 Å². The van der Waals surface area contributed by atoms with Crippen molar-refractivity contribution < 1.29 is 19.1 Å². The molecule has 1 atom stereocenters. The average Bonchev–Trinajstić information content (AvgIpc) is 2.54. The summed E-state index contributed by atoms with van der Waals surface area (Å²) in [6.45, 7) is 1.19. The monoisotopic (exact) mass is 288 g/mol. The van der Waals surface area contributed by atoms with Gasteiger partial charge in [0.1, 0.15) is 0 Å². The fraction of sp³-hybridized carbons (Fsp3) is 0.333. The Balaban J connectivity index is 2.07. The summed E-state index contributed by atoms with van der Waals surface area (Å²) < 4.78 is 10.5. The maximum absolute atomic E-state index is 12.1. The van der Waals surface area contributed by atoms with Crippen LogP contribution in [-0.4, -0.2) is 44.3 Å². The van der Waals surface area contributed by atoms with Gasteiger partial charge < -0.3 is 20.1 Å². The molecule has 1 aliphatic heterocycles. The molecule has 0 spiro atoms. The number of hydrogen-bond acceptors (Lipinski definition) is 4. The SMILES string of the molecule is C#CCNC(=O)c1ccccc1NC(=O)C1COCCO1. The Hall–Kier alpha value is -2.36. The summed E-state index contributed by atoms with van der Waals surface area (Å²) in [7, 11) is 0. The predicted molar refractivity (Wildman–Crippen MR) is 76.8 cm³/mol. The second-order valence-electron chi connectivity index (χ2n) is 4.36. The first-order valence-electron chi connectivity index (χ1n) is 6.53. The van der Waals surface area contributed by atoms with E-state index in [-0.39, 0.29) is 25.0 Å². The highest BCUT2D eigenvalue weighted by molar-refractivity contribution is 6.04. The summed E-state index contributed by atoms with van der Waals surface area (Å²) in [6, 6.07) is 6.69. The minimum Gasteiger partial charge on any atom is -0.376 e.